The summed E-state index contributed by atoms with van der Waals surface area (Å²) in [4.78, 5) is 23.5. The number of aliphatic hydroxyl groups is 1. The SMILES string of the molecule is O=C(CC1CCCCC1)NNC(=O)C(O)c1ccccc1. The number of rotatable bonds is 4. The summed E-state index contributed by atoms with van der Waals surface area (Å²) in [7, 11) is 0. The monoisotopic (exact) mass is 290 g/mol. The van der Waals surface area contributed by atoms with Gasteiger partial charge in [-0.05, 0) is 24.3 Å². The van der Waals surface area contributed by atoms with Gasteiger partial charge in [-0.1, -0.05) is 49.6 Å². The van der Waals surface area contributed by atoms with E-state index in [1.165, 1.54) is 19.3 Å². The highest BCUT2D eigenvalue weighted by Gasteiger charge is 2.20. The second kappa shape index (κ2) is 7.78. The maximum Gasteiger partial charge on any atom is 0.271 e. The summed E-state index contributed by atoms with van der Waals surface area (Å²) in [5, 5.41) is 9.86. The number of hydrogen-bond acceptors (Lipinski definition) is 3. The summed E-state index contributed by atoms with van der Waals surface area (Å²) in [5.74, 6) is -0.414. The summed E-state index contributed by atoms with van der Waals surface area (Å²) in [6.45, 7) is 0. The average molecular weight is 290 g/mol. The Labute approximate surface area is 124 Å². The molecule has 1 unspecified atom stereocenters. The molecule has 114 valence electrons. The molecule has 1 aromatic carbocycles. The topological polar surface area (TPSA) is 78.4 Å². The highest BCUT2D eigenvalue weighted by atomic mass is 16.3. The molecule has 5 heteroatoms. The Balaban J connectivity index is 1.74. The number of hydrogen-bond donors (Lipinski definition) is 3. The Bertz CT molecular complexity index is 470. The minimum absolute atomic E-state index is 0.199. The minimum Gasteiger partial charge on any atom is -0.378 e. The van der Waals surface area contributed by atoms with Gasteiger partial charge in [0, 0.05) is 6.42 Å². The normalized spacial score (nSPS) is 17.0. The van der Waals surface area contributed by atoms with Crippen LogP contribution in [0.4, 0.5) is 0 Å². The zero-order chi connectivity index (χ0) is 15.1. The Kier molecular flexibility index (Phi) is 5.75. The fourth-order valence-electron chi connectivity index (χ4n) is 2.69. The van der Waals surface area contributed by atoms with Crippen molar-refractivity contribution in [2.24, 2.45) is 5.92 Å². The zero-order valence-corrected chi connectivity index (χ0v) is 12.0. The van der Waals surface area contributed by atoms with Gasteiger partial charge >= 0.3 is 0 Å². The van der Waals surface area contributed by atoms with Crippen LogP contribution in [0.1, 0.15) is 50.2 Å². The van der Waals surface area contributed by atoms with E-state index in [4.69, 9.17) is 0 Å². The summed E-state index contributed by atoms with van der Waals surface area (Å²) in [5.41, 5.74) is 5.16. The first-order chi connectivity index (χ1) is 10.2. The maximum absolute atomic E-state index is 11.8. The first-order valence-corrected chi connectivity index (χ1v) is 7.48. The predicted octanol–water partition coefficient (Wildman–Crippen LogP) is 1.84. The molecule has 0 bridgehead atoms. The van der Waals surface area contributed by atoms with Crippen molar-refractivity contribution in [3.63, 3.8) is 0 Å². The fourth-order valence-corrected chi connectivity index (χ4v) is 2.69. The van der Waals surface area contributed by atoms with Crippen LogP contribution in [0.25, 0.3) is 0 Å². The van der Waals surface area contributed by atoms with Crippen LogP contribution in [-0.2, 0) is 9.59 Å². The lowest BCUT2D eigenvalue weighted by Crippen LogP contribution is -2.44. The van der Waals surface area contributed by atoms with Gasteiger partial charge in [-0.3, -0.25) is 20.4 Å². The molecule has 2 amide bonds. The van der Waals surface area contributed by atoms with E-state index < -0.39 is 12.0 Å². The molecule has 0 aliphatic heterocycles. The van der Waals surface area contributed by atoms with Gasteiger partial charge in [0.05, 0.1) is 0 Å². The Morgan fingerprint density at radius 1 is 1.10 bits per heavy atom. The predicted molar refractivity (Wildman–Crippen MR) is 78.9 cm³/mol. The van der Waals surface area contributed by atoms with Gasteiger partial charge in [0.25, 0.3) is 5.91 Å². The number of benzene rings is 1. The Morgan fingerprint density at radius 2 is 1.76 bits per heavy atom. The summed E-state index contributed by atoms with van der Waals surface area (Å²) in [6, 6.07) is 8.61. The highest BCUT2D eigenvalue weighted by molar-refractivity contribution is 5.85. The lowest BCUT2D eigenvalue weighted by molar-refractivity contribution is -0.134. The number of amides is 2. The minimum atomic E-state index is -1.28. The molecule has 0 spiro atoms. The molecule has 1 aliphatic rings. The molecule has 1 aliphatic carbocycles. The van der Waals surface area contributed by atoms with Crippen LogP contribution in [-0.4, -0.2) is 16.9 Å². The van der Waals surface area contributed by atoms with Crippen LogP contribution in [0.5, 0.6) is 0 Å². The first-order valence-electron chi connectivity index (χ1n) is 7.48. The standard InChI is InChI=1S/C16H22N2O3/c19-14(11-12-7-3-1-4-8-12)17-18-16(21)15(20)13-9-5-2-6-10-13/h2,5-6,9-10,12,15,20H,1,3-4,7-8,11H2,(H,17,19)(H,18,21). The highest BCUT2D eigenvalue weighted by Crippen LogP contribution is 2.25. The van der Waals surface area contributed by atoms with E-state index in [-0.39, 0.29) is 5.91 Å². The van der Waals surface area contributed by atoms with Gasteiger partial charge < -0.3 is 5.11 Å². The van der Waals surface area contributed by atoms with Crippen LogP contribution >= 0.6 is 0 Å². The van der Waals surface area contributed by atoms with Gasteiger partial charge in [-0.25, -0.2) is 0 Å². The van der Waals surface area contributed by atoms with E-state index in [1.807, 2.05) is 0 Å². The fraction of sp³-hybridized carbons (Fsp3) is 0.500. The second-order valence-corrected chi connectivity index (χ2v) is 5.56. The van der Waals surface area contributed by atoms with Gasteiger partial charge in [-0.15, -0.1) is 0 Å². The zero-order valence-electron chi connectivity index (χ0n) is 12.0. The van der Waals surface area contributed by atoms with Crippen molar-refractivity contribution in [3.8, 4) is 0 Å². The molecular formula is C16H22N2O3. The van der Waals surface area contributed by atoms with Crippen LogP contribution in [0.3, 0.4) is 0 Å². The molecule has 3 N–H and O–H groups in total. The molecule has 1 saturated carbocycles. The number of carbonyl (C=O) groups excluding carboxylic acids is 2. The summed E-state index contributed by atoms with van der Waals surface area (Å²) >= 11 is 0. The van der Waals surface area contributed by atoms with E-state index in [2.05, 4.69) is 10.9 Å². The molecule has 21 heavy (non-hydrogen) atoms. The molecule has 2 rings (SSSR count). The lowest BCUT2D eigenvalue weighted by atomic mass is 9.87. The van der Waals surface area contributed by atoms with Gasteiger partial charge in [0.1, 0.15) is 0 Å². The van der Waals surface area contributed by atoms with Crippen molar-refractivity contribution in [2.45, 2.75) is 44.6 Å². The largest absolute Gasteiger partial charge is 0.378 e. The third kappa shape index (κ3) is 4.86. The van der Waals surface area contributed by atoms with Crippen LogP contribution in [0.15, 0.2) is 30.3 Å². The van der Waals surface area contributed by atoms with Crippen molar-refractivity contribution >= 4 is 11.8 Å². The van der Waals surface area contributed by atoms with Gasteiger partial charge in [-0.2, -0.15) is 0 Å². The number of carbonyl (C=O) groups is 2. The van der Waals surface area contributed by atoms with E-state index >= 15 is 0 Å². The molecule has 1 aromatic rings. The van der Waals surface area contributed by atoms with Crippen molar-refractivity contribution in [2.75, 3.05) is 0 Å². The van der Waals surface area contributed by atoms with Crippen molar-refractivity contribution in [1.29, 1.82) is 0 Å². The van der Waals surface area contributed by atoms with Gasteiger partial charge in [0.2, 0.25) is 5.91 Å². The quantitative estimate of drug-likeness (QED) is 0.740. The third-order valence-corrected chi connectivity index (χ3v) is 3.89. The smallest absolute Gasteiger partial charge is 0.271 e. The lowest BCUT2D eigenvalue weighted by Gasteiger charge is -2.21. The van der Waals surface area contributed by atoms with Gasteiger partial charge in [0.15, 0.2) is 6.10 Å². The maximum atomic E-state index is 11.8. The molecule has 1 atom stereocenters. The molecule has 1 fully saturated rings. The van der Waals surface area contributed by atoms with Crippen molar-refractivity contribution in [1.82, 2.24) is 10.9 Å². The Hall–Kier alpha value is -1.88. The van der Waals surface area contributed by atoms with E-state index in [0.717, 1.165) is 12.8 Å². The molecular weight excluding hydrogens is 268 g/mol. The molecule has 0 saturated heterocycles. The third-order valence-electron chi connectivity index (χ3n) is 3.89. The number of aliphatic hydroxyl groups excluding tert-OH is 1. The average Bonchev–Trinajstić information content (AvgIpc) is 2.53. The number of hydrazine groups is 1. The molecule has 0 aromatic heterocycles. The number of nitrogens with one attached hydrogen (secondary N) is 2. The van der Waals surface area contributed by atoms with Crippen molar-refractivity contribution in [3.05, 3.63) is 35.9 Å². The first kappa shape index (κ1) is 15.5. The van der Waals surface area contributed by atoms with Crippen LogP contribution in [0, 0.1) is 5.92 Å². The molecule has 5 nitrogen and oxygen atoms in total. The summed E-state index contributed by atoms with van der Waals surface area (Å²) in [6.07, 6.45) is 4.91. The van der Waals surface area contributed by atoms with E-state index in [1.54, 1.807) is 30.3 Å². The van der Waals surface area contributed by atoms with E-state index in [0.29, 0.717) is 17.9 Å². The van der Waals surface area contributed by atoms with E-state index in [9.17, 15) is 14.7 Å². The molecule has 0 radical (unpaired) electrons. The summed E-state index contributed by atoms with van der Waals surface area (Å²) < 4.78 is 0. The Morgan fingerprint density at radius 3 is 2.43 bits per heavy atom. The van der Waals surface area contributed by atoms with Crippen LogP contribution < -0.4 is 10.9 Å². The van der Waals surface area contributed by atoms with Crippen molar-refractivity contribution < 1.29 is 14.7 Å². The second-order valence-electron chi connectivity index (χ2n) is 5.56. The molecule has 0 heterocycles. The van der Waals surface area contributed by atoms with Crippen LogP contribution in [0.2, 0.25) is 0 Å².